The van der Waals surface area contributed by atoms with Crippen molar-refractivity contribution in [2.75, 3.05) is 38.8 Å². The molecule has 1 aliphatic heterocycles. The number of aromatic nitrogens is 2. The van der Waals surface area contributed by atoms with Crippen LogP contribution < -0.4 is 10.1 Å². The van der Waals surface area contributed by atoms with Crippen LogP contribution in [0, 0.1) is 0 Å². The largest absolute Gasteiger partial charge is 0.478 e. The molecule has 0 saturated carbocycles. The third-order valence-corrected chi connectivity index (χ3v) is 2.99. The Morgan fingerprint density at radius 3 is 3.11 bits per heavy atom. The van der Waals surface area contributed by atoms with Crippen molar-refractivity contribution in [3.8, 4) is 5.88 Å². The van der Waals surface area contributed by atoms with Crippen LogP contribution >= 0.6 is 0 Å². The van der Waals surface area contributed by atoms with Crippen LogP contribution in [0.4, 0.5) is 5.95 Å². The van der Waals surface area contributed by atoms with Crippen LogP contribution in [0.3, 0.4) is 0 Å². The summed E-state index contributed by atoms with van der Waals surface area (Å²) in [6.45, 7) is 4.47. The lowest BCUT2D eigenvalue weighted by Gasteiger charge is -2.25. The fraction of sp³-hybridized carbons (Fsp3) is 0.667. The van der Waals surface area contributed by atoms with E-state index in [2.05, 4.69) is 15.3 Å². The molecule has 0 bridgehead atoms. The van der Waals surface area contributed by atoms with Crippen molar-refractivity contribution in [2.45, 2.75) is 18.9 Å². The smallest absolute Gasteiger partial charge is 0.226 e. The summed E-state index contributed by atoms with van der Waals surface area (Å²) in [4.78, 5) is 8.40. The molecule has 0 radical (unpaired) electrons. The maximum Gasteiger partial charge on any atom is 0.226 e. The molecule has 6 heteroatoms. The number of methoxy groups -OCH3 is 1. The van der Waals surface area contributed by atoms with E-state index in [4.69, 9.17) is 14.2 Å². The number of hydrogen-bond donors (Lipinski definition) is 1. The van der Waals surface area contributed by atoms with Gasteiger partial charge in [0.25, 0.3) is 0 Å². The molecule has 1 saturated heterocycles. The van der Waals surface area contributed by atoms with Crippen molar-refractivity contribution in [3.05, 3.63) is 12.3 Å². The Morgan fingerprint density at radius 1 is 1.56 bits per heavy atom. The van der Waals surface area contributed by atoms with Crippen molar-refractivity contribution in [2.24, 2.45) is 0 Å². The molecule has 1 fully saturated rings. The lowest BCUT2D eigenvalue weighted by molar-refractivity contribution is -0.00632. The summed E-state index contributed by atoms with van der Waals surface area (Å²) in [6, 6.07) is 1.74. The molecule has 1 aromatic heterocycles. The monoisotopic (exact) mass is 253 g/mol. The van der Waals surface area contributed by atoms with Crippen molar-refractivity contribution in [1.82, 2.24) is 9.97 Å². The van der Waals surface area contributed by atoms with Gasteiger partial charge in [-0.25, -0.2) is 4.98 Å². The molecule has 1 aliphatic rings. The summed E-state index contributed by atoms with van der Waals surface area (Å²) < 4.78 is 16.2. The second-order valence-corrected chi connectivity index (χ2v) is 4.19. The van der Waals surface area contributed by atoms with Gasteiger partial charge in [0.2, 0.25) is 11.8 Å². The number of nitrogens with zero attached hydrogens (tertiary/aromatic N) is 2. The van der Waals surface area contributed by atoms with E-state index in [-0.39, 0.29) is 5.60 Å². The minimum Gasteiger partial charge on any atom is -0.478 e. The fourth-order valence-electron chi connectivity index (χ4n) is 1.86. The van der Waals surface area contributed by atoms with Gasteiger partial charge >= 0.3 is 0 Å². The van der Waals surface area contributed by atoms with Crippen LogP contribution in [0.15, 0.2) is 12.3 Å². The maximum absolute atomic E-state index is 5.52. The molecule has 1 atom stereocenters. The molecule has 0 aromatic carbocycles. The predicted octanol–water partition coefficient (Wildman–Crippen LogP) is 1.09. The first kappa shape index (κ1) is 13.0. The van der Waals surface area contributed by atoms with Gasteiger partial charge in [0.05, 0.1) is 13.2 Å². The molecule has 100 valence electrons. The average Bonchev–Trinajstić information content (AvgIpc) is 2.87. The second kappa shape index (κ2) is 5.97. The van der Waals surface area contributed by atoms with Crippen LogP contribution in [-0.4, -0.2) is 49.0 Å². The van der Waals surface area contributed by atoms with Crippen molar-refractivity contribution in [1.29, 1.82) is 0 Å². The highest BCUT2D eigenvalue weighted by molar-refractivity contribution is 5.28. The molecule has 0 aliphatic carbocycles. The van der Waals surface area contributed by atoms with E-state index in [1.165, 1.54) is 0 Å². The summed E-state index contributed by atoms with van der Waals surface area (Å²) >= 11 is 0. The van der Waals surface area contributed by atoms with Crippen LogP contribution in [-0.2, 0) is 9.47 Å². The van der Waals surface area contributed by atoms with Gasteiger partial charge in [0, 0.05) is 38.9 Å². The van der Waals surface area contributed by atoms with Gasteiger partial charge in [0.1, 0.15) is 5.60 Å². The first-order chi connectivity index (χ1) is 8.78. The third-order valence-electron chi connectivity index (χ3n) is 2.99. The van der Waals surface area contributed by atoms with Crippen LogP contribution in [0.5, 0.6) is 5.88 Å². The number of hydrogen-bond acceptors (Lipinski definition) is 6. The van der Waals surface area contributed by atoms with Crippen molar-refractivity contribution >= 4 is 5.95 Å². The van der Waals surface area contributed by atoms with Gasteiger partial charge in [-0.05, 0) is 6.92 Å². The van der Waals surface area contributed by atoms with Gasteiger partial charge in [0.15, 0.2) is 0 Å². The van der Waals surface area contributed by atoms with Crippen LogP contribution in [0.2, 0.25) is 0 Å². The highest BCUT2D eigenvalue weighted by Gasteiger charge is 2.34. The Balaban J connectivity index is 1.94. The SMILES string of the molecule is CCOc1ccnc(NCC2(OC)CCOC2)n1. The van der Waals surface area contributed by atoms with Crippen molar-refractivity contribution in [3.63, 3.8) is 0 Å². The van der Waals surface area contributed by atoms with Gasteiger partial charge in [-0.15, -0.1) is 0 Å². The van der Waals surface area contributed by atoms with E-state index < -0.39 is 0 Å². The summed E-state index contributed by atoms with van der Waals surface area (Å²) in [6.07, 6.45) is 2.55. The Bertz CT molecular complexity index is 381. The van der Waals surface area contributed by atoms with E-state index in [1.807, 2.05) is 6.92 Å². The number of nitrogens with one attached hydrogen (secondary N) is 1. The molecule has 0 spiro atoms. The Kier molecular flexibility index (Phi) is 4.33. The van der Waals surface area contributed by atoms with Gasteiger partial charge < -0.3 is 19.5 Å². The summed E-state index contributed by atoms with van der Waals surface area (Å²) in [5.41, 5.74) is -0.273. The lowest BCUT2D eigenvalue weighted by Crippen LogP contribution is -2.39. The van der Waals surface area contributed by atoms with E-state index in [9.17, 15) is 0 Å². The zero-order chi connectivity index (χ0) is 12.8. The fourth-order valence-corrected chi connectivity index (χ4v) is 1.86. The topological polar surface area (TPSA) is 65.5 Å². The molecule has 1 aromatic rings. The molecule has 18 heavy (non-hydrogen) atoms. The molecule has 2 heterocycles. The van der Waals surface area contributed by atoms with Gasteiger partial charge in [-0.1, -0.05) is 0 Å². The van der Waals surface area contributed by atoms with Gasteiger partial charge in [-0.3, -0.25) is 0 Å². The molecule has 6 nitrogen and oxygen atoms in total. The van der Waals surface area contributed by atoms with E-state index in [1.54, 1.807) is 19.4 Å². The average molecular weight is 253 g/mol. The molecule has 1 unspecified atom stereocenters. The molecule has 0 amide bonds. The summed E-state index contributed by atoms with van der Waals surface area (Å²) in [7, 11) is 1.70. The van der Waals surface area contributed by atoms with E-state index in [0.717, 1.165) is 13.0 Å². The minimum absolute atomic E-state index is 0.273. The van der Waals surface area contributed by atoms with E-state index >= 15 is 0 Å². The lowest BCUT2D eigenvalue weighted by atomic mass is 10.0. The first-order valence-corrected chi connectivity index (χ1v) is 6.10. The van der Waals surface area contributed by atoms with Crippen molar-refractivity contribution < 1.29 is 14.2 Å². The Morgan fingerprint density at radius 2 is 2.44 bits per heavy atom. The Hall–Kier alpha value is -1.40. The maximum atomic E-state index is 5.52. The summed E-state index contributed by atoms with van der Waals surface area (Å²) in [5, 5.41) is 3.17. The summed E-state index contributed by atoms with van der Waals surface area (Å²) in [5.74, 6) is 1.12. The zero-order valence-electron chi connectivity index (χ0n) is 10.8. The number of ether oxygens (including phenoxy) is 3. The highest BCUT2D eigenvalue weighted by Crippen LogP contribution is 2.22. The highest BCUT2D eigenvalue weighted by atomic mass is 16.5. The van der Waals surface area contributed by atoms with Gasteiger partial charge in [-0.2, -0.15) is 4.98 Å². The predicted molar refractivity (Wildman–Crippen MR) is 66.9 cm³/mol. The first-order valence-electron chi connectivity index (χ1n) is 6.10. The standard InChI is InChI=1S/C12H19N3O3/c1-3-18-10-4-6-13-11(15-10)14-8-12(16-2)5-7-17-9-12/h4,6H,3,5,7-9H2,1-2H3,(H,13,14,15). The zero-order valence-corrected chi connectivity index (χ0v) is 10.8. The van der Waals surface area contributed by atoms with Crippen LogP contribution in [0.25, 0.3) is 0 Å². The number of rotatable bonds is 6. The Labute approximate surface area is 107 Å². The van der Waals surface area contributed by atoms with Crippen LogP contribution in [0.1, 0.15) is 13.3 Å². The number of anilines is 1. The molecular formula is C12H19N3O3. The molecular weight excluding hydrogens is 234 g/mol. The second-order valence-electron chi connectivity index (χ2n) is 4.19. The normalized spacial score (nSPS) is 23.0. The third kappa shape index (κ3) is 3.08. The van der Waals surface area contributed by atoms with E-state index in [0.29, 0.717) is 31.6 Å². The quantitative estimate of drug-likeness (QED) is 0.818. The molecule has 2 rings (SSSR count). The molecule has 1 N–H and O–H groups in total. The minimum atomic E-state index is -0.273.